The first-order chi connectivity index (χ1) is 9.85. The number of nitrogens with one attached hydrogen (secondary N) is 1. The largest absolute Gasteiger partial charge is 0.493 e. The number of hydrogen-bond donors (Lipinski definition) is 1. The number of para-hydroxylation sites is 1. The van der Waals surface area contributed by atoms with Crippen molar-refractivity contribution in [1.29, 1.82) is 0 Å². The molecule has 0 aliphatic heterocycles. The third kappa shape index (κ3) is 3.70. The van der Waals surface area contributed by atoms with Gasteiger partial charge in [0.05, 0.1) is 12.3 Å². The summed E-state index contributed by atoms with van der Waals surface area (Å²) in [5, 5.41) is 3.28. The number of nitrogens with zero attached hydrogens (tertiary/aromatic N) is 2. The summed E-state index contributed by atoms with van der Waals surface area (Å²) < 4.78 is 5.78. The lowest BCUT2D eigenvalue weighted by atomic mass is 10.1. The van der Waals surface area contributed by atoms with Crippen LogP contribution < -0.4 is 10.1 Å². The minimum atomic E-state index is 0.711. The van der Waals surface area contributed by atoms with Gasteiger partial charge < -0.3 is 10.1 Å². The molecule has 0 fully saturated rings. The van der Waals surface area contributed by atoms with Gasteiger partial charge in [-0.15, -0.1) is 0 Å². The van der Waals surface area contributed by atoms with Crippen LogP contribution in [-0.2, 0) is 0 Å². The summed E-state index contributed by atoms with van der Waals surface area (Å²) in [6.45, 7) is 5.84. The maximum Gasteiger partial charge on any atom is 0.129 e. The molecule has 0 spiro atoms. The van der Waals surface area contributed by atoms with Crippen molar-refractivity contribution in [2.24, 2.45) is 0 Å². The second-order valence-electron chi connectivity index (χ2n) is 4.56. The van der Waals surface area contributed by atoms with E-state index in [1.165, 1.54) is 0 Å². The third-order valence-electron chi connectivity index (χ3n) is 2.85. The van der Waals surface area contributed by atoms with Crippen LogP contribution in [-0.4, -0.2) is 23.1 Å². The molecule has 20 heavy (non-hydrogen) atoms. The fourth-order valence-electron chi connectivity index (χ4n) is 1.87. The second-order valence-corrected chi connectivity index (χ2v) is 4.56. The van der Waals surface area contributed by atoms with Crippen LogP contribution in [0.15, 0.2) is 36.7 Å². The van der Waals surface area contributed by atoms with E-state index in [9.17, 15) is 0 Å². The van der Waals surface area contributed by atoms with Gasteiger partial charge in [0.25, 0.3) is 0 Å². The van der Waals surface area contributed by atoms with E-state index < -0.39 is 0 Å². The average Bonchev–Trinajstić information content (AvgIpc) is 2.51. The zero-order valence-electron chi connectivity index (χ0n) is 12.1. The van der Waals surface area contributed by atoms with Gasteiger partial charge in [0, 0.05) is 18.2 Å². The summed E-state index contributed by atoms with van der Waals surface area (Å²) in [5.41, 5.74) is 1.88. The maximum absolute atomic E-state index is 5.78. The molecule has 0 saturated carbocycles. The summed E-state index contributed by atoms with van der Waals surface area (Å²) in [5.74, 6) is 1.72. The van der Waals surface area contributed by atoms with Gasteiger partial charge in [0.1, 0.15) is 17.9 Å². The molecule has 0 radical (unpaired) electrons. The number of ether oxygens (including phenoxy) is 1. The summed E-state index contributed by atoms with van der Waals surface area (Å²) >= 11 is 0. The summed E-state index contributed by atoms with van der Waals surface area (Å²) in [6, 6.07) is 9.94. The molecule has 2 aromatic rings. The van der Waals surface area contributed by atoms with Crippen molar-refractivity contribution >= 4 is 5.82 Å². The lowest BCUT2D eigenvalue weighted by molar-refractivity contribution is 0.318. The van der Waals surface area contributed by atoms with Crippen LogP contribution in [0.5, 0.6) is 5.75 Å². The Morgan fingerprint density at radius 1 is 1.10 bits per heavy atom. The van der Waals surface area contributed by atoms with Crippen LogP contribution >= 0.6 is 0 Å². The topological polar surface area (TPSA) is 47.0 Å². The van der Waals surface area contributed by atoms with Crippen LogP contribution in [0.4, 0.5) is 5.82 Å². The highest BCUT2D eigenvalue weighted by molar-refractivity contribution is 5.68. The molecular weight excluding hydrogens is 250 g/mol. The highest BCUT2D eigenvalue weighted by Crippen LogP contribution is 2.29. The molecular formula is C16H21N3O. The van der Waals surface area contributed by atoms with Crippen LogP contribution in [0, 0.1) is 0 Å². The molecule has 4 nitrogen and oxygen atoms in total. The molecule has 0 aliphatic rings. The van der Waals surface area contributed by atoms with E-state index >= 15 is 0 Å². The number of hydrogen-bond acceptors (Lipinski definition) is 4. The minimum Gasteiger partial charge on any atom is -0.493 e. The van der Waals surface area contributed by atoms with E-state index in [0.29, 0.717) is 6.61 Å². The standard InChI is InChI=1S/C16H21N3O/c1-3-9-17-16-11-14(18-12-19-16)13-7-5-6-8-15(13)20-10-4-2/h5-8,11-12H,3-4,9-10H2,1-2H3,(H,17,18,19). The zero-order chi connectivity index (χ0) is 14.2. The second kappa shape index (κ2) is 7.48. The molecule has 0 saturated heterocycles. The van der Waals surface area contributed by atoms with Gasteiger partial charge in [-0.05, 0) is 25.0 Å². The van der Waals surface area contributed by atoms with E-state index in [2.05, 4.69) is 29.1 Å². The Bertz CT molecular complexity index is 543. The Morgan fingerprint density at radius 3 is 2.75 bits per heavy atom. The first kappa shape index (κ1) is 14.3. The molecule has 4 heteroatoms. The van der Waals surface area contributed by atoms with Crippen molar-refractivity contribution in [3.8, 4) is 17.0 Å². The molecule has 0 aliphatic carbocycles. The quantitative estimate of drug-likeness (QED) is 0.833. The van der Waals surface area contributed by atoms with Crippen molar-refractivity contribution in [3.05, 3.63) is 36.7 Å². The highest BCUT2D eigenvalue weighted by Gasteiger charge is 2.08. The normalized spacial score (nSPS) is 10.3. The number of anilines is 1. The average molecular weight is 271 g/mol. The Kier molecular flexibility index (Phi) is 5.35. The fourth-order valence-corrected chi connectivity index (χ4v) is 1.87. The van der Waals surface area contributed by atoms with Crippen molar-refractivity contribution in [1.82, 2.24) is 9.97 Å². The van der Waals surface area contributed by atoms with Gasteiger partial charge in [-0.2, -0.15) is 0 Å². The summed E-state index contributed by atoms with van der Waals surface area (Å²) in [4.78, 5) is 8.59. The molecule has 0 unspecified atom stereocenters. The number of aromatic nitrogens is 2. The number of rotatable bonds is 7. The predicted octanol–water partition coefficient (Wildman–Crippen LogP) is 3.75. The monoisotopic (exact) mass is 271 g/mol. The molecule has 106 valence electrons. The first-order valence-corrected chi connectivity index (χ1v) is 7.13. The number of benzene rings is 1. The Labute approximate surface area is 120 Å². The smallest absolute Gasteiger partial charge is 0.129 e. The highest BCUT2D eigenvalue weighted by atomic mass is 16.5. The van der Waals surface area contributed by atoms with E-state index in [1.54, 1.807) is 6.33 Å². The molecule has 0 bridgehead atoms. The Hall–Kier alpha value is -2.10. The molecule has 2 rings (SSSR count). The molecule has 0 atom stereocenters. The molecule has 0 amide bonds. The maximum atomic E-state index is 5.78. The Balaban J connectivity index is 2.26. The van der Waals surface area contributed by atoms with Gasteiger partial charge in [-0.1, -0.05) is 26.0 Å². The van der Waals surface area contributed by atoms with Crippen molar-refractivity contribution in [3.63, 3.8) is 0 Å². The van der Waals surface area contributed by atoms with Crippen LogP contribution in [0.25, 0.3) is 11.3 Å². The summed E-state index contributed by atoms with van der Waals surface area (Å²) in [6.07, 6.45) is 3.64. The van der Waals surface area contributed by atoms with Gasteiger partial charge in [0.15, 0.2) is 0 Å². The molecule has 1 aromatic carbocycles. The van der Waals surface area contributed by atoms with E-state index in [0.717, 1.165) is 42.2 Å². The lowest BCUT2D eigenvalue weighted by Crippen LogP contribution is -2.03. The molecule has 1 aromatic heterocycles. The van der Waals surface area contributed by atoms with E-state index in [1.807, 2.05) is 30.3 Å². The Morgan fingerprint density at radius 2 is 1.95 bits per heavy atom. The third-order valence-corrected chi connectivity index (χ3v) is 2.85. The van der Waals surface area contributed by atoms with Gasteiger partial charge in [0.2, 0.25) is 0 Å². The summed E-state index contributed by atoms with van der Waals surface area (Å²) in [7, 11) is 0. The minimum absolute atomic E-state index is 0.711. The van der Waals surface area contributed by atoms with Gasteiger partial charge in [-0.25, -0.2) is 9.97 Å². The predicted molar refractivity (Wildman–Crippen MR) is 82.0 cm³/mol. The first-order valence-electron chi connectivity index (χ1n) is 7.13. The van der Waals surface area contributed by atoms with Crippen LogP contribution in [0.1, 0.15) is 26.7 Å². The van der Waals surface area contributed by atoms with Crippen molar-refractivity contribution in [2.45, 2.75) is 26.7 Å². The lowest BCUT2D eigenvalue weighted by Gasteiger charge is -2.11. The van der Waals surface area contributed by atoms with Crippen molar-refractivity contribution in [2.75, 3.05) is 18.5 Å². The van der Waals surface area contributed by atoms with Crippen LogP contribution in [0.2, 0.25) is 0 Å². The van der Waals surface area contributed by atoms with Crippen molar-refractivity contribution < 1.29 is 4.74 Å². The van der Waals surface area contributed by atoms with Gasteiger partial charge >= 0.3 is 0 Å². The fraction of sp³-hybridized carbons (Fsp3) is 0.375. The SMILES string of the molecule is CCCNc1cc(-c2ccccc2OCCC)ncn1. The van der Waals surface area contributed by atoms with E-state index in [4.69, 9.17) is 4.74 Å². The van der Waals surface area contributed by atoms with Crippen LogP contribution in [0.3, 0.4) is 0 Å². The zero-order valence-corrected chi connectivity index (χ0v) is 12.1. The van der Waals surface area contributed by atoms with Gasteiger partial charge in [-0.3, -0.25) is 0 Å². The molecule has 1 heterocycles. The van der Waals surface area contributed by atoms with E-state index in [-0.39, 0.29) is 0 Å². The molecule has 1 N–H and O–H groups in total.